The van der Waals surface area contributed by atoms with E-state index in [1.807, 2.05) is 43.5 Å². The number of aliphatic hydroxyl groups is 1. The molecule has 1 aromatic heterocycles. The normalized spacial score (nSPS) is 20.8. The molecule has 0 bridgehead atoms. The van der Waals surface area contributed by atoms with Crippen LogP contribution in [0.15, 0.2) is 48.8 Å². The van der Waals surface area contributed by atoms with Crippen LogP contribution in [0.5, 0.6) is 11.5 Å². The van der Waals surface area contributed by atoms with Crippen LogP contribution < -0.4 is 14.8 Å². The molecule has 2 N–H and O–H groups in total. The Morgan fingerprint density at radius 3 is 2.74 bits per heavy atom. The van der Waals surface area contributed by atoms with Crippen LogP contribution in [-0.2, 0) is 11.2 Å². The Hall–Kier alpha value is -3.23. The van der Waals surface area contributed by atoms with Gasteiger partial charge >= 0.3 is 0 Å². The Balaban J connectivity index is 1.45. The van der Waals surface area contributed by atoms with E-state index >= 15 is 0 Å². The van der Waals surface area contributed by atoms with Gasteiger partial charge in [0.2, 0.25) is 0 Å². The third-order valence-corrected chi connectivity index (χ3v) is 6.10. The Morgan fingerprint density at radius 2 is 2.03 bits per heavy atom. The molecule has 0 spiro atoms. The highest BCUT2D eigenvalue weighted by Gasteiger charge is 2.37. The molecule has 170 valence electrons. The maximum absolute atomic E-state index is 13.2. The molecule has 2 aromatic carbocycles. The van der Waals surface area contributed by atoms with Crippen molar-refractivity contribution in [1.82, 2.24) is 15.1 Å². The van der Waals surface area contributed by atoms with Crippen molar-refractivity contribution in [3.63, 3.8) is 0 Å². The van der Waals surface area contributed by atoms with Crippen molar-refractivity contribution in [2.45, 2.75) is 37.5 Å². The van der Waals surface area contributed by atoms with E-state index in [4.69, 9.17) is 29.9 Å². The standard InChI is InChI=1S/C24H23B2N3O5/c1-14-16(11-15-3-5-17(6-4-15)29-9-2-8-27-29)12-18(22-21(14)33-24(25,26)34-22)23(31)28-19-7-10-32-13-20(19)30/h2-6,8-9,12,19-20,30H,7,10-11,13H2,1H3,(H,28,31)/t19-,20-/m0/s1. The Bertz CT molecular complexity index is 1200. The first-order valence-electron chi connectivity index (χ1n) is 11.1. The van der Waals surface area contributed by atoms with E-state index in [1.54, 1.807) is 16.9 Å². The lowest BCUT2D eigenvalue weighted by molar-refractivity contribution is -0.0261. The molecule has 34 heavy (non-hydrogen) atoms. The molecular weight excluding hydrogens is 432 g/mol. The highest BCUT2D eigenvalue weighted by molar-refractivity contribution is 6.38. The second-order valence-corrected chi connectivity index (χ2v) is 8.60. The number of carbonyl (C=O) groups excluding carboxylic acids is 1. The molecule has 1 amide bonds. The molecule has 2 aliphatic heterocycles. The first-order chi connectivity index (χ1) is 16.3. The van der Waals surface area contributed by atoms with E-state index in [0.29, 0.717) is 25.2 Å². The number of aliphatic hydroxyl groups excluding tert-OH is 1. The van der Waals surface area contributed by atoms with Crippen LogP contribution in [0.25, 0.3) is 5.69 Å². The summed E-state index contributed by atoms with van der Waals surface area (Å²) in [6, 6.07) is 11.2. The molecule has 5 rings (SSSR count). The van der Waals surface area contributed by atoms with Gasteiger partial charge in [0.15, 0.2) is 32.8 Å². The number of amides is 1. The predicted octanol–water partition coefficient (Wildman–Crippen LogP) is 1.37. The fourth-order valence-electron chi connectivity index (χ4n) is 4.25. The molecule has 1 fully saturated rings. The predicted molar refractivity (Wildman–Crippen MR) is 126 cm³/mol. The summed E-state index contributed by atoms with van der Waals surface area (Å²) in [6.07, 6.45) is 3.87. The Kier molecular flexibility index (Phi) is 5.87. The Labute approximate surface area is 200 Å². The van der Waals surface area contributed by atoms with Crippen molar-refractivity contribution in [3.8, 4) is 17.2 Å². The van der Waals surface area contributed by atoms with E-state index < -0.39 is 23.6 Å². The molecule has 1 saturated heterocycles. The van der Waals surface area contributed by atoms with Crippen LogP contribution in [0, 0.1) is 6.92 Å². The number of hydrogen-bond donors (Lipinski definition) is 2. The van der Waals surface area contributed by atoms with Gasteiger partial charge in [-0.1, -0.05) is 12.1 Å². The van der Waals surface area contributed by atoms with Crippen LogP contribution in [0.3, 0.4) is 0 Å². The molecule has 0 saturated carbocycles. The molecule has 4 radical (unpaired) electrons. The highest BCUT2D eigenvalue weighted by atomic mass is 16.7. The van der Waals surface area contributed by atoms with Crippen LogP contribution in [0.4, 0.5) is 0 Å². The molecule has 2 aliphatic rings. The van der Waals surface area contributed by atoms with Crippen molar-refractivity contribution in [2.24, 2.45) is 0 Å². The third kappa shape index (κ3) is 4.43. The first kappa shape index (κ1) is 22.6. The summed E-state index contributed by atoms with van der Waals surface area (Å²) in [5.74, 6) is 0.131. The summed E-state index contributed by atoms with van der Waals surface area (Å²) in [5, 5.41) is 17.3. The van der Waals surface area contributed by atoms with E-state index in [0.717, 1.165) is 22.4 Å². The van der Waals surface area contributed by atoms with E-state index in [1.165, 1.54) is 0 Å². The zero-order valence-corrected chi connectivity index (χ0v) is 18.7. The fraction of sp³-hybridized carbons (Fsp3) is 0.333. The zero-order chi connectivity index (χ0) is 23.9. The summed E-state index contributed by atoms with van der Waals surface area (Å²) >= 11 is 0. The van der Waals surface area contributed by atoms with E-state index in [-0.39, 0.29) is 17.9 Å². The topological polar surface area (TPSA) is 94.8 Å². The molecular formula is C24H23B2N3O5. The van der Waals surface area contributed by atoms with E-state index in [2.05, 4.69) is 10.4 Å². The molecule has 3 heterocycles. The lowest BCUT2D eigenvalue weighted by atomic mass is 9.76. The van der Waals surface area contributed by atoms with Gasteiger partial charge in [0.05, 0.1) is 30.0 Å². The summed E-state index contributed by atoms with van der Waals surface area (Å²) in [7, 11) is 11.7. The van der Waals surface area contributed by atoms with Crippen LogP contribution >= 0.6 is 0 Å². The quantitative estimate of drug-likeness (QED) is 0.565. The van der Waals surface area contributed by atoms with Gasteiger partial charge < -0.3 is 24.6 Å². The van der Waals surface area contributed by atoms with Crippen LogP contribution in [0.2, 0.25) is 0 Å². The van der Waals surface area contributed by atoms with E-state index in [9.17, 15) is 9.90 Å². The smallest absolute Gasteiger partial charge is 0.255 e. The SMILES string of the molecule is [B]C1([B])Oc2c(C(=O)N[C@H]3CCOC[C@@H]3O)cc(Cc3ccc(-n4cccn4)cc3)c(C)c2O1. The van der Waals surface area contributed by atoms with Gasteiger partial charge in [-0.05, 0) is 60.7 Å². The van der Waals surface area contributed by atoms with Crippen molar-refractivity contribution < 1.29 is 24.1 Å². The van der Waals surface area contributed by atoms with Crippen molar-refractivity contribution in [1.29, 1.82) is 0 Å². The summed E-state index contributed by atoms with van der Waals surface area (Å²) in [5.41, 5.74) is 2.01. The summed E-state index contributed by atoms with van der Waals surface area (Å²) in [4.78, 5) is 13.2. The monoisotopic (exact) mass is 455 g/mol. The number of carbonyl (C=O) groups is 1. The number of hydrogen-bond acceptors (Lipinski definition) is 6. The van der Waals surface area contributed by atoms with Gasteiger partial charge in [-0.25, -0.2) is 4.68 Å². The van der Waals surface area contributed by atoms with Crippen molar-refractivity contribution >= 4 is 21.6 Å². The maximum atomic E-state index is 13.2. The lowest BCUT2D eigenvalue weighted by Gasteiger charge is -2.28. The van der Waals surface area contributed by atoms with Gasteiger partial charge in [-0.3, -0.25) is 4.79 Å². The van der Waals surface area contributed by atoms with Gasteiger partial charge in [-0.2, -0.15) is 5.10 Å². The minimum absolute atomic E-state index is 0.172. The molecule has 0 aliphatic carbocycles. The summed E-state index contributed by atoms with van der Waals surface area (Å²) in [6.45, 7) is 2.51. The number of nitrogens with one attached hydrogen (secondary N) is 1. The van der Waals surface area contributed by atoms with Crippen LogP contribution in [-0.4, -0.2) is 67.4 Å². The molecule has 8 nitrogen and oxygen atoms in total. The molecule has 10 heteroatoms. The van der Waals surface area contributed by atoms with Gasteiger partial charge in [0.1, 0.15) is 0 Å². The second kappa shape index (κ2) is 8.85. The molecule has 3 aromatic rings. The fourth-order valence-corrected chi connectivity index (χ4v) is 4.25. The minimum atomic E-state index is -1.87. The average molecular weight is 455 g/mol. The van der Waals surface area contributed by atoms with Crippen molar-refractivity contribution in [3.05, 3.63) is 71.0 Å². The van der Waals surface area contributed by atoms with Gasteiger partial charge in [0.25, 0.3) is 5.91 Å². The number of aromatic nitrogens is 2. The number of nitrogens with zero attached hydrogens (tertiary/aromatic N) is 2. The second-order valence-electron chi connectivity index (χ2n) is 8.60. The zero-order valence-electron chi connectivity index (χ0n) is 18.7. The van der Waals surface area contributed by atoms with Crippen LogP contribution in [0.1, 0.15) is 33.5 Å². The first-order valence-corrected chi connectivity index (χ1v) is 11.1. The molecule has 2 atom stereocenters. The molecule has 0 unspecified atom stereocenters. The third-order valence-electron chi connectivity index (χ3n) is 6.10. The number of rotatable bonds is 5. The van der Waals surface area contributed by atoms with Crippen molar-refractivity contribution in [2.75, 3.05) is 13.2 Å². The number of benzene rings is 2. The van der Waals surface area contributed by atoms with Gasteiger partial charge in [0, 0.05) is 19.0 Å². The minimum Gasteiger partial charge on any atom is -0.468 e. The lowest BCUT2D eigenvalue weighted by Crippen LogP contribution is -2.48. The largest absolute Gasteiger partial charge is 0.468 e. The summed E-state index contributed by atoms with van der Waals surface area (Å²) < 4.78 is 18.3. The highest BCUT2D eigenvalue weighted by Crippen LogP contribution is 2.44. The number of fused-ring (bicyclic) bond motifs is 1. The average Bonchev–Trinajstić information content (AvgIpc) is 3.45. The number of ether oxygens (including phenoxy) is 3. The maximum Gasteiger partial charge on any atom is 0.255 e. The Morgan fingerprint density at radius 1 is 1.26 bits per heavy atom. The van der Waals surface area contributed by atoms with Gasteiger partial charge in [-0.15, -0.1) is 0 Å².